The van der Waals surface area contributed by atoms with Crippen molar-refractivity contribution in [3.8, 4) is 6.07 Å². The Morgan fingerprint density at radius 1 is 1.61 bits per heavy atom. The van der Waals surface area contributed by atoms with E-state index in [1.807, 2.05) is 17.9 Å². The molecule has 0 aromatic carbocycles. The summed E-state index contributed by atoms with van der Waals surface area (Å²) < 4.78 is 0. The van der Waals surface area contributed by atoms with Crippen LogP contribution in [0.25, 0.3) is 0 Å². The normalized spacial score (nSPS) is 9.61. The van der Waals surface area contributed by atoms with Gasteiger partial charge >= 0.3 is 0 Å². The molecule has 0 aliphatic rings. The summed E-state index contributed by atoms with van der Waals surface area (Å²) in [6, 6.07) is 5.29. The smallest absolute Gasteiger partial charge is 0.239 e. The summed E-state index contributed by atoms with van der Waals surface area (Å²) in [5.41, 5.74) is 6.15. The van der Waals surface area contributed by atoms with Crippen LogP contribution in [0.15, 0.2) is 12.1 Å². The Balaban J connectivity index is 2.98. The van der Waals surface area contributed by atoms with E-state index in [2.05, 4.69) is 10.3 Å². The molecule has 1 aromatic heterocycles. The third kappa shape index (κ3) is 3.35. The molecule has 1 rings (SSSR count). The standard InChI is InChI=1S/C12H17N5O/c1-3-6-17(8-12(18)15-2)11-5-4-9(14)10(7-13)16-11/h4-5H,3,6,8,14H2,1-2H3,(H,15,18). The summed E-state index contributed by atoms with van der Waals surface area (Å²) in [6.07, 6.45) is 0.880. The van der Waals surface area contributed by atoms with Crippen LogP contribution in [0.2, 0.25) is 0 Å². The summed E-state index contributed by atoms with van der Waals surface area (Å²) in [5.74, 6) is 0.492. The van der Waals surface area contributed by atoms with E-state index in [4.69, 9.17) is 11.0 Å². The monoisotopic (exact) mass is 247 g/mol. The SMILES string of the molecule is CCCN(CC(=O)NC)c1ccc(N)c(C#N)n1. The minimum Gasteiger partial charge on any atom is -0.396 e. The maximum atomic E-state index is 11.4. The largest absolute Gasteiger partial charge is 0.396 e. The van der Waals surface area contributed by atoms with Crippen LogP contribution in [-0.4, -0.2) is 31.0 Å². The highest BCUT2D eigenvalue weighted by Crippen LogP contribution is 2.16. The fourth-order valence-electron chi connectivity index (χ4n) is 1.52. The molecular weight excluding hydrogens is 230 g/mol. The van der Waals surface area contributed by atoms with Crippen LogP contribution in [-0.2, 0) is 4.79 Å². The first-order chi connectivity index (χ1) is 8.62. The topological polar surface area (TPSA) is 95.0 Å². The number of aromatic nitrogens is 1. The highest BCUT2D eigenvalue weighted by Gasteiger charge is 2.12. The third-order valence-corrected chi connectivity index (χ3v) is 2.45. The van der Waals surface area contributed by atoms with Crippen LogP contribution in [0.3, 0.4) is 0 Å². The molecule has 0 radical (unpaired) electrons. The molecule has 0 atom stereocenters. The number of rotatable bonds is 5. The molecule has 0 saturated heterocycles. The number of nitrogens with zero attached hydrogens (tertiary/aromatic N) is 3. The summed E-state index contributed by atoms with van der Waals surface area (Å²) >= 11 is 0. The van der Waals surface area contributed by atoms with Gasteiger partial charge in [-0.25, -0.2) is 4.98 Å². The molecule has 0 saturated carbocycles. The van der Waals surface area contributed by atoms with Gasteiger partial charge in [0, 0.05) is 13.6 Å². The Morgan fingerprint density at radius 2 is 2.33 bits per heavy atom. The Morgan fingerprint density at radius 3 is 2.89 bits per heavy atom. The molecule has 18 heavy (non-hydrogen) atoms. The lowest BCUT2D eigenvalue weighted by molar-refractivity contribution is -0.119. The van der Waals surface area contributed by atoms with Crippen LogP contribution in [0.5, 0.6) is 0 Å². The van der Waals surface area contributed by atoms with Crippen LogP contribution in [0.1, 0.15) is 19.0 Å². The minimum absolute atomic E-state index is 0.0967. The molecule has 1 amide bonds. The predicted molar refractivity (Wildman–Crippen MR) is 69.9 cm³/mol. The average Bonchev–Trinajstić information content (AvgIpc) is 2.38. The molecule has 0 aliphatic carbocycles. The first-order valence-corrected chi connectivity index (χ1v) is 5.74. The van der Waals surface area contributed by atoms with Crippen molar-refractivity contribution in [2.45, 2.75) is 13.3 Å². The van der Waals surface area contributed by atoms with Crippen LogP contribution < -0.4 is 16.0 Å². The fraction of sp³-hybridized carbons (Fsp3) is 0.417. The van der Waals surface area contributed by atoms with Gasteiger partial charge in [0.15, 0.2) is 5.69 Å². The quantitative estimate of drug-likeness (QED) is 0.790. The molecule has 0 spiro atoms. The zero-order valence-corrected chi connectivity index (χ0v) is 10.6. The maximum absolute atomic E-state index is 11.4. The van der Waals surface area contributed by atoms with E-state index in [0.717, 1.165) is 6.42 Å². The molecular formula is C12H17N5O. The number of amides is 1. The summed E-state index contributed by atoms with van der Waals surface area (Å²) in [6.45, 7) is 2.92. The van der Waals surface area contributed by atoms with Gasteiger partial charge in [0.05, 0.1) is 12.2 Å². The molecule has 3 N–H and O–H groups in total. The highest BCUT2D eigenvalue weighted by molar-refractivity contribution is 5.80. The van der Waals surface area contributed by atoms with Crippen LogP contribution in [0, 0.1) is 11.3 Å². The molecule has 0 unspecified atom stereocenters. The van der Waals surface area contributed by atoms with Gasteiger partial charge < -0.3 is 16.0 Å². The Labute approximate surface area is 106 Å². The van der Waals surface area contributed by atoms with Gasteiger partial charge in [-0.15, -0.1) is 0 Å². The first-order valence-electron chi connectivity index (χ1n) is 5.74. The molecule has 0 aliphatic heterocycles. The number of nitrogens with two attached hydrogens (primary N) is 1. The van der Waals surface area contributed by atoms with Crippen molar-refractivity contribution in [3.63, 3.8) is 0 Å². The van der Waals surface area contributed by atoms with Gasteiger partial charge in [-0.1, -0.05) is 6.92 Å². The van der Waals surface area contributed by atoms with E-state index in [1.165, 1.54) is 0 Å². The van der Waals surface area contributed by atoms with E-state index in [-0.39, 0.29) is 18.1 Å². The molecule has 1 heterocycles. The number of anilines is 2. The van der Waals surface area contributed by atoms with Crippen molar-refractivity contribution < 1.29 is 4.79 Å². The van der Waals surface area contributed by atoms with Crippen LogP contribution in [0.4, 0.5) is 11.5 Å². The van der Waals surface area contributed by atoms with E-state index in [1.54, 1.807) is 19.2 Å². The number of hydrogen-bond donors (Lipinski definition) is 2. The number of pyridine rings is 1. The fourth-order valence-corrected chi connectivity index (χ4v) is 1.52. The van der Waals surface area contributed by atoms with Crippen molar-refractivity contribution in [2.75, 3.05) is 30.8 Å². The average molecular weight is 247 g/mol. The van der Waals surface area contributed by atoms with E-state index in [0.29, 0.717) is 18.1 Å². The second-order valence-electron chi connectivity index (χ2n) is 3.81. The lowest BCUT2D eigenvalue weighted by atomic mass is 10.3. The highest BCUT2D eigenvalue weighted by atomic mass is 16.1. The van der Waals surface area contributed by atoms with Gasteiger partial charge in [0.2, 0.25) is 5.91 Å². The Kier molecular flexibility index (Phi) is 4.93. The molecule has 0 fully saturated rings. The molecule has 96 valence electrons. The minimum atomic E-state index is -0.0967. The lowest BCUT2D eigenvalue weighted by Gasteiger charge is -2.22. The van der Waals surface area contributed by atoms with Gasteiger partial charge in [-0.3, -0.25) is 4.79 Å². The number of carbonyl (C=O) groups excluding carboxylic acids is 1. The Bertz CT molecular complexity index is 466. The number of hydrogen-bond acceptors (Lipinski definition) is 5. The van der Waals surface area contributed by atoms with E-state index >= 15 is 0 Å². The molecule has 6 nitrogen and oxygen atoms in total. The van der Waals surface area contributed by atoms with Gasteiger partial charge in [-0.05, 0) is 18.6 Å². The number of nitriles is 1. The van der Waals surface area contributed by atoms with E-state index in [9.17, 15) is 4.79 Å². The molecule has 1 aromatic rings. The third-order valence-electron chi connectivity index (χ3n) is 2.45. The van der Waals surface area contributed by atoms with Gasteiger partial charge in [0.25, 0.3) is 0 Å². The lowest BCUT2D eigenvalue weighted by Crippen LogP contribution is -2.36. The van der Waals surface area contributed by atoms with Gasteiger partial charge in [-0.2, -0.15) is 5.26 Å². The van der Waals surface area contributed by atoms with Crippen LogP contribution >= 0.6 is 0 Å². The molecule has 0 bridgehead atoms. The van der Waals surface area contributed by atoms with Gasteiger partial charge in [0.1, 0.15) is 11.9 Å². The van der Waals surface area contributed by atoms with Crippen molar-refractivity contribution in [2.24, 2.45) is 0 Å². The first kappa shape index (κ1) is 13.8. The zero-order valence-electron chi connectivity index (χ0n) is 10.6. The second kappa shape index (κ2) is 6.45. The predicted octanol–water partition coefficient (Wildman–Crippen LogP) is 0.498. The van der Waals surface area contributed by atoms with Crippen molar-refractivity contribution >= 4 is 17.4 Å². The number of likely N-dealkylation sites (N-methyl/N-ethyl adjacent to an activating group) is 1. The Hall–Kier alpha value is -2.29. The van der Waals surface area contributed by atoms with Crippen molar-refractivity contribution in [3.05, 3.63) is 17.8 Å². The summed E-state index contributed by atoms with van der Waals surface area (Å²) in [5, 5.41) is 11.5. The molecule has 6 heteroatoms. The number of nitrogen functional groups attached to an aromatic ring is 1. The summed E-state index contributed by atoms with van der Waals surface area (Å²) in [4.78, 5) is 17.4. The number of nitrogens with one attached hydrogen (secondary N) is 1. The van der Waals surface area contributed by atoms with E-state index < -0.39 is 0 Å². The van der Waals surface area contributed by atoms with Crippen molar-refractivity contribution in [1.82, 2.24) is 10.3 Å². The van der Waals surface area contributed by atoms with Crippen molar-refractivity contribution in [1.29, 1.82) is 5.26 Å². The summed E-state index contributed by atoms with van der Waals surface area (Å²) in [7, 11) is 1.59. The zero-order chi connectivity index (χ0) is 13.5. The second-order valence-corrected chi connectivity index (χ2v) is 3.81. The maximum Gasteiger partial charge on any atom is 0.239 e. The number of carbonyl (C=O) groups is 1.